The lowest BCUT2D eigenvalue weighted by molar-refractivity contribution is 0.0537. The zero-order valence-corrected chi connectivity index (χ0v) is 22.5. The van der Waals surface area contributed by atoms with Crippen molar-refractivity contribution >= 4 is 25.1 Å². The van der Waals surface area contributed by atoms with Gasteiger partial charge in [0.15, 0.2) is 0 Å². The van der Waals surface area contributed by atoms with Crippen LogP contribution in [0.5, 0.6) is 0 Å². The summed E-state index contributed by atoms with van der Waals surface area (Å²) in [7, 11) is -4.55. The summed E-state index contributed by atoms with van der Waals surface area (Å²) in [6, 6.07) is 0. The number of hydrogen-bond acceptors (Lipinski definition) is 5. The van der Waals surface area contributed by atoms with Crippen molar-refractivity contribution in [2.24, 2.45) is 0 Å². The Hall–Kier alpha value is -0.0700. The van der Waals surface area contributed by atoms with E-state index in [2.05, 4.69) is 25.3 Å². The number of carbonyl (C=O) groups is 1. The molecule has 0 heterocycles. The Bertz CT molecular complexity index is 491. The van der Waals surface area contributed by atoms with E-state index in [-0.39, 0.29) is 12.7 Å². The first kappa shape index (κ1) is 31.9. The Morgan fingerprint density at radius 2 is 1.38 bits per heavy atom. The average Bonchev–Trinajstić information content (AvgIpc) is 2.75. The van der Waals surface area contributed by atoms with Gasteiger partial charge in [-0.2, -0.15) is 11.8 Å². The molecule has 0 saturated carbocycles. The van der Waals surface area contributed by atoms with Gasteiger partial charge < -0.3 is 19.3 Å². The standard InChI is InChI=1S/C24H49O6PS/c1-4-6-8-10-11-12-14-16-21-32-23(18-15-13-9-7-5-2)22(3)29-19-17-20-30-31(27,28)24(25)26/h22-23H,4-21H2,1-3H3,(H,25,26)(H,27,28). The molecule has 0 bridgehead atoms. The molecule has 0 aromatic carbocycles. The molecule has 8 heteroatoms. The van der Waals surface area contributed by atoms with Crippen molar-refractivity contribution in [2.75, 3.05) is 19.0 Å². The second-order valence-electron chi connectivity index (χ2n) is 8.65. The van der Waals surface area contributed by atoms with Crippen LogP contribution >= 0.6 is 19.4 Å². The third kappa shape index (κ3) is 18.4. The summed E-state index contributed by atoms with van der Waals surface area (Å²) in [5, 5.41) is 9.06. The van der Waals surface area contributed by atoms with Gasteiger partial charge in [-0.25, -0.2) is 9.36 Å². The van der Waals surface area contributed by atoms with E-state index in [1.54, 1.807) is 0 Å². The van der Waals surface area contributed by atoms with Crippen molar-refractivity contribution < 1.29 is 28.6 Å². The number of hydrogen-bond donors (Lipinski definition) is 2. The first-order valence-corrected chi connectivity index (χ1v) is 15.4. The second kappa shape index (κ2) is 21.5. The van der Waals surface area contributed by atoms with E-state index in [4.69, 9.17) is 14.7 Å². The van der Waals surface area contributed by atoms with E-state index >= 15 is 0 Å². The monoisotopic (exact) mass is 496 g/mol. The van der Waals surface area contributed by atoms with Gasteiger partial charge in [-0.05, 0) is 31.9 Å². The first-order chi connectivity index (χ1) is 15.3. The van der Waals surface area contributed by atoms with Gasteiger partial charge in [-0.3, -0.25) is 0 Å². The smallest absolute Gasteiger partial charge is 0.435 e. The SMILES string of the molecule is CCCCCCCCCCSC(CCCCCCC)C(C)OCCCOP(=O)(O)C(=O)O. The maximum Gasteiger partial charge on any atom is 0.435 e. The fourth-order valence-corrected chi connectivity index (χ4v) is 5.40. The fraction of sp³-hybridized carbons (Fsp3) is 0.958. The Kier molecular flexibility index (Phi) is 21.4. The van der Waals surface area contributed by atoms with Crippen molar-refractivity contribution in [3.63, 3.8) is 0 Å². The highest BCUT2D eigenvalue weighted by atomic mass is 32.2. The van der Waals surface area contributed by atoms with Gasteiger partial charge in [-0.15, -0.1) is 0 Å². The first-order valence-electron chi connectivity index (χ1n) is 12.8. The molecule has 32 heavy (non-hydrogen) atoms. The maximum absolute atomic E-state index is 11.3. The van der Waals surface area contributed by atoms with Crippen LogP contribution in [0.15, 0.2) is 0 Å². The van der Waals surface area contributed by atoms with Crippen LogP contribution < -0.4 is 0 Å². The quantitative estimate of drug-likeness (QED) is 0.103. The molecule has 0 radical (unpaired) electrons. The molecule has 0 fully saturated rings. The van der Waals surface area contributed by atoms with Gasteiger partial charge in [0.1, 0.15) is 0 Å². The molecular formula is C24H49O6PS. The van der Waals surface area contributed by atoms with Crippen molar-refractivity contribution in [3.05, 3.63) is 0 Å². The molecule has 0 amide bonds. The lowest BCUT2D eigenvalue weighted by atomic mass is 10.1. The number of carboxylic acid groups (broad SMARTS) is 1. The molecular weight excluding hydrogens is 447 g/mol. The predicted octanol–water partition coefficient (Wildman–Crippen LogP) is 8.26. The number of rotatable bonds is 24. The van der Waals surface area contributed by atoms with Crippen molar-refractivity contribution in [1.82, 2.24) is 0 Å². The molecule has 2 N–H and O–H groups in total. The van der Waals surface area contributed by atoms with E-state index < -0.39 is 13.3 Å². The Morgan fingerprint density at radius 1 is 0.844 bits per heavy atom. The molecule has 0 aliphatic rings. The van der Waals surface area contributed by atoms with E-state index in [1.165, 1.54) is 83.5 Å². The summed E-state index contributed by atoms with van der Waals surface area (Å²) in [6.45, 7) is 6.88. The van der Waals surface area contributed by atoms with Crippen LogP contribution in [-0.4, -0.2) is 46.0 Å². The predicted molar refractivity (Wildman–Crippen MR) is 136 cm³/mol. The zero-order chi connectivity index (χ0) is 24.1. The molecule has 0 aliphatic heterocycles. The van der Waals surface area contributed by atoms with Gasteiger partial charge in [-0.1, -0.05) is 90.9 Å². The van der Waals surface area contributed by atoms with E-state index in [1.807, 2.05) is 11.8 Å². The Morgan fingerprint density at radius 3 is 1.94 bits per heavy atom. The highest BCUT2D eigenvalue weighted by molar-refractivity contribution is 7.99. The third-order valence-electron chi connectivity index (χ3n) is 5.62. The highest BCUT2D eigenvalue weighted by Crippen LogP contribution is 2.42. The van der Waals surface area contributed by atoms with Crippen LogP contribution in [0.2, 0.25) is 0 Å². The summed E-state index contributed by atoms with van der Waals surface area (Å²) in [4.78, 5) is 19.8. The minimum absolute atomic E-state index is 0.0973. The number of ether oxygens (including phenoxy) is 1. The minimum Gasteiger partial charge on any atom is -0.472 e. The van der Waals surface area contributed by atoms with Crippen molar-refractivity contribution in [1.29, 1.82) is 0 Å². The topological polar surface area (TPSA) is 93.1 Å². The van der Waals surface area contributed by atoms with E-state index in [0.717, 1.165) is 12.2 Å². The van der Waals surface area contributed by atoms with E-state index in [0.29, 0.717) is 18.3 Å². The van der Waals surface area contributed by atoms with Crippen LogP contribution in [-0.2, 0) is 13.8 Å². The van der Waals surface area contributed by atoms with E-state index in [9.17, 15) is 9.36 Å². The lowest BCUT2D eigenvalue weighted by Crippen LogP contribution is -2.25. The molecule has 0 aromatic heterocycles. The molecule has 3 atom stereocenters. The molecule has 0 aliphatic carbocycles. The van der Waals surface area contributed by atoms with Crippen LogP contribution in [0.3, 0.4) is 0 Å². The van der Waals surface area contributed by atoms with Gasteiger partial charge in [0.2, 0.25) is 0 Å². The van der Waals surface area contributed by atoms with Crippen LogP contribution in [0.1, 0.15) is 117 Å². The molecule has 192 valence electrons. The normalized spacial score (nSPS) is 15.4. The van der Waals surface area contributed by atoms with Gasteiger partial charge in [0.05, 0.1) is 12.7 Å². The third-order valence-corrected chi connectivity index (χ3v) is 8.21. The minimum atomic E-state index is -4.55. The zero-order valence-electron chi connectivity index (χ0n) is 20.8. The van der Waals surface area contributed by atoms with Gasteiger partial charge >= 0.3 is 13.3 Å². The molecule has 0 spiro atoms. The summed E-state index contributed by atoms with van der Waals surface area (Å²) >= 11 is 2.02. The van der Waals surface area contributed by atoms with Crippen molar-refractivity contribution in [3.8, 4) is 0 Å². The van der Waals surface area contributed by atoms with Gasteiger partial charge in [0.25, 0.3) is 0 Å². The summed E-state index contributed by atoms with van der Waals surface area (Å²) < 4.78 is 21.8. The number of thioether (sulfide) groups is 1. The fourth-order valence-electron chi connectivity index (χ4n) is 3.55. The second-order valence-corrected chi connectivity index (χ2v) is 11.7. The summed E-state index contributed by atoms with van der Waals surface area (Å²) in [5.41, 5.74) is -1.81. The van der Waals surface area contributed by atoms with Crippen LogP contribution in [0.4, 0.5) is 4.79 Å². The average molecular weight is 497 g/mol. The Balaban J connectivity index is 4.16. The van der Waals surface area contributed by atoms with Crippen LogP contribution in [0, 0.1) is 0 Å². The largest absolute Gasteiger partial charge is 0.472 e. The van der Waals surface area contributed by atoms with Crippen LogP contribution in [0.25, 0.3) is 0 Å². The lowest BCUT2D eigenvalue weighted by Gasteiger charge is -2.24. The summed E-state index contributed by atoms with van der Waals surface area (Å²) in [5.74, 6) is 1.16. The van der Waals surface area contributed by atoms with Gasteiger partial charge in [0, 0.05) is 11.9 Å². The molecule has 3 unspecified atom stereocenters. The molecule has 0 aromatic rings. The molecule has 0 saturated heterocycles. The Labute approximate surface area is 201 Å². The molecule has 6 nitrogen and oxygen atoms in total. The van der Waals surface area contributed by atoms with Crippen molar-refractivity contribution in [2.45, 2.75) is 128 Å². The number of unbranched alkanes of at least 4 members (excludes halogenated alkanes) is 11. The highest BCUT2D eigenvalue weighted by Gasteiger charge is 2.29. The maximum atomic E-state index is 11.3. The molecule has 0 rings (SSSR count). The summed E-state index contributed by atoms with van der Waals surface area (Å²) in [6.07, 6.45) is 18.6.